The van der Waals surface area contributed by atoms with Crippen molar-refractivity contribution in [2.24, 2.45) is 0 Å². The predicted octanol–water partition coefficient (Wildman–Crippen LogP) is 3.77. The van der Waals surface area contributed by atoms with Gasteiger partial charge in [0.2, 0.25) is 0 Å². The van der Waals surface area contributed by atoms with Crippen LogP contribution in [0.25, 0.3) is 0 Å². The van der Waals surface area contributed by atoms with E-state index in [4.69, 9.17) is 4.74 Å². The van der Waals surface area contributed by atoms with E-state index in [1.807, 2.05) is 17.5 Å². The van der Waals surface area contributed by atoms with Crippen LogP contribution in [0, 0.1) is 12.7 Å². The fraction of sp³-hybridized carbons (Fsp3) is 0.167. The van der Waals surface area contributed by atoms with Gasteiger partial charge in [-0.15, -0.1) is 11.3 Å². The molecule has 1 aromatic carbocycles. The third-order valence-corrected chi connectivity index (χ3v) is 2.96. The average Bonchev–Trinajstić information content (AvgIpc) is 2.73. The van der Waals surface area contributed by atoms with E-state index in [1.165, 1.54) is 0 Å². The van der Waals surface area contributed by atoms with E-state index in [-0.39, 0.29) is 5.82 Å². The van der Waals surface area contributed by atoms with E-state index >= 15 is 0 Å². The fourth-order valence-corrected chi connectivity index (χ4v) is 1.89. The van der Waals surface area contributed by atoms with Crippen molar-refractivity contribution in [1.29, 1.82) is 0 Å². The van der Waals surface area contributed by atoms with Gasteiger partial charge in [-0.1, -0.05) is 18.2 Å². The largest absolute Gasteiger partial charge is 0.485 e. The molecule has 78 valence electrons. The van der Waals surface area contributed by atoms with Gasteiger partial charge in [0.15, 0.2) is 11.6 Å². The summed E-state index contributed by atoms with van der Waals surface area (Å²) in [5, 5.41) is 1.98. The lowest BCUT2D eigenvalue weighted by Crippen LogP contribution is -1.96. The Labute approximate surface area is 92.1 Å². The van der Waals surface area contributed by atoms with Crippen LogP contribution in [0.2, 0.25) is 0 Å². The molecule has 0 aliphatic rings. The minimum Gasteiger partial charge on any atom is -0.485 e. The summed E-state index contributed by atoms with van der Waals surface area (Å²) in [6.07, 6.45) is 0. The number of thiophene rings is 1. The number of benzene rings is 1. The second-order valence-corrected chi connectivity index (χ2v) is 4.29. The first-order valence-corrected chi connectivity index (χ1v) is 5.55. The molecule has 0 unspecified atom stereocenters. The van der Waals surface area contributed by atoms with Gasteiger partial charge in [0.1, 0.15) is 6.61 Å². The van der Waals surface area contributed by atoms with Gasteiger partial charge in [0.25, 0.3) is 0 Å². The lowest BCUT2D eigenvalue weighted by Gasteiger charge is -2.06. The van der Waals surface area contributed by atoms with Gasteiger partial charge < -0.3 is 4.74 Å². The highest BCUT2D eigenvalue weighted by Gasteiger charge is 2.05. The van der Waals surface area contributed by atoms with Crippen LogP contribution in [0.15, 0.2) is 35.7 Å². The fourth-order valence-electron chi connectivity index (χ4n) is 1.28. The highest BCUT2D eigenvalue weighted by Crippen LogP contribution is 2.21. The van der Waals surface area contributed by atoms with Gasteiger partial charge in [-0.2, -0.15) is 0 Å². The third-order valence-electron chi connectivity index (χ3n) is 2.11. The first-order chi connectivity index (χ1) is 7.27. The molecule has 2 rings (SSSR count). The quantitative estimate of drug-likeness (QED) is 0.768. The predicted molar refractivity (Wildman–Crippen MR) is 59.8 cm³/mol. The van der Waals surface area contributed by atoms with E-state index in [1.54, 1.807) is 36.5 Å². The lowest BCUT2D eigenvalue weighted by molar-refractivity contribution is 0.293. The minimum atomic E-state index is -0.269. The van der Waals surface area contributed by atoms with E-state index in [9.17, 15) is 4.39 Å². The van der Waals surface area contributed by atoms with E-state index < -0.39 is 0 Å². The average molecular weight is 222 g/mol. The molecule has 0 saturated heterocycles. The van der Waals surface area contributed by atoms with Gasteiger partial charge in [-0.05, 0) is 30.0 Å². The van der Waals surface area contributed by atoms with Crippen molar-refractivity contribution in [2.75, 3.05) is 0 Å². The van der Waals surface area contributed by atoms with Crippen LogP contribution < -0.4 is 4.74 Å². The first-order valence-electron chi connectivity index (χ1n) is 4.67. The standard InChI is InChI=1S/C12H11FOS/c1-9-4-2-6-11(12(9)13)14-8-10-5-3-7-15-10/h2-7H,8H2,1H3. The van der Waals surface area contributed by atoms with Crippen molar-refractivity contribution < 1.29 is 9.13 Å². The second-order valence-electron chi connectivity index (χ2n) is 3.26. The molecule has 0 N–H and O–H groups in total. The highest BCUT2D eigenvalue weighted by atomic mass is 32.1. The number of hydrogen-bond donors (Lipinski definition) is 0. The van der Waals surface area contributed by atoms with Crippen molar-refractivity contribution in [3.05, 3.63) is 52.0 Å². The number of halogens is 1. The maximum atomic E-state index is 13.5. The maximum absolute atomic E-state index is 13.5. The smallest absolute Gasteiger partial charge is 0.167 e. The summed E-state index contributed by atoms with van der Waals surface area (Å²) in [6.45, 7) is 2.16. The Balaban J connectivity index is 2.08. The zero-order valence-electron chi connectivity index (χ0n) is 8.37. The molecule has 15 heavy (non-hydrogen) atoms. The molecule has 2 aromatic rings. The van der Waals surface area contributed by atoms with Crippen molar-refractivity contribution >= 4 is 11.3 Å². The van der Waals surface area contributed by atoms with Crippen LogP contribution in [0.4, 0.5) is 4.39 Å². The normalized spacial score (nSPS) is 10.3. The Morgan fingerprint density at radius 2 is 2.13 bits per heavy atom. The maximum Gasteiger partial charge on any atom is 0.167 e. The van der Waals surface area contributed by atoms with Gasteiger partial charge in [0.05, 0.1) is 0 Å². The Morgan fingerprint density at radius 3 is 2.87 bits per heavy atom. The van der Waals surface area contributed by atoms with Gasteiger partial charge >= 0.3 is 0 Å². The van der Waals surface area contributed by atoms with Crippen molar-refractivity contribution in [3.63, 3.8) is 0 Å². The van der Waals surface area contributed by atoms with Crippen LogP contribution in [0.3, 0.4) is 0 Å². The molecule has 1 aromatic heterocycles. The summed E-state index contributed by atoms with van der Waals surface area (Å²) in [4.78, 5) is 1.09. The minimum absolute atomic E-state index is 0.269. The first kappa shape index (κ1) is 10.2. The Hall–Kier alpha value is -1.35. The van der Waals surface area contributed by atoms with E-state index in [0.717, 1.165) is 4.88 Å². The number of ether oxygens (including phenoxy) is 1. The van der Waals surface area contributed by atoms with Crippen LogP contribution in [-0.4, -0.2) is 0 Å². The topological polar surface area (TPSA) is 9.23 Å². The molecule has 0 fully saturated rings. The number of aryl methyl sites for hydroxylation is 1. The summed E-state index contributed by atoms with van der Waals surface area (Å²) < 4.78 is 18.9. The summed E-state index contributed by atoms with van der Waals surface area (Å²) in [6, 6.07) is 9.10. The molecule has 0 saturated carbocycles. The molecule has 0 spiro atoms. The number of hydrogen-bond acceptors (Lipinski definition) is 2. The lowest BCUT2D eigenvalue weighted by atomic mass is 10.2. The Bertz CT molecular complexity index is 437. The summed E-state index contributed by atoms with van der Waals surface area (Å²) in [5.41, 5.74) is 0.610. The molecule has 1 heterocycles. The highest BCUT2D eigenvalue weighted by molar-refractivity contribution is 7.09. The SMILES string of the molecule is Cc1cccc(OCc2cccs2)c1F. The molecular formula is C12H11FOS. The van der Waals surface area contributed by atoms with Crippen molar-refractivity contribution in [3.8, 4) is 5.75 Å². The van der Waals surface area contributed by atoms with Crippen molar-refractivity contribution in [2.45, 2.75) is 13.5 Å². The Kier molecular flexibility index (Phi) is 3.02. The molecule has 0 aliphatic heterocycles. The molecule has 0 bridgehead atoms. The molecule has 3 heteroatoms. The summed E-state index contributed by atoms with van der Waals surface area (Å²) in [7, 11) is 0. The third kappa shape index (κ3) is 2.36. The zero-order valence-corrected chi connectivity index (χ0v) is 9.18. The van der Waals surface area contributed by atoms with Crippen molar-refractivity contribution in [1.82, 2.24) is 0 Å². The molecule has 0 aliphatic carbocycles. The zero-order chi connectivity index (χ0) is 10.7. The second kappa shape index (κ2) is 4.45. The van der Waals surface area contributed by atoms with Gasteiger partial charge in [-0.25, -0.2) is 4.39 Å². The molecule has 1 nitrogen and oxygen atoms in total. The van der Waals surface area contributed by atoms with E-state index in [0.29, 0.717) is 17.9 Å². The summed E-state index contributed by atoms with van der Waals surface area (Å²) >= 11 is 1.60. The molecule has 0 amide bonds. The van der Waals surface area contributed by atoms with Gasteiger partial charge in [0, 0.05) is 4.88 Å². The van der Waals surface area contributed by atoms with E-state index in [2.05, 4.69) is 0 Å². The number of rotatable bonds is 3. The van der Waals surface area contributed by atoms with Crippen LogP contribution in [-0.2, 0) is 6.61 Å². The molecule has 0 radical (unpaired) electrons. The van der Waals surface area contributed by atoms with Crippen LogP contribution in [0.5, 0.6) is 5.75 Å². The molecule has 0 atom stereocenters. The van der Waals surface area contributed by atoms with Gasteiger partial charge in [-0.3, -0.25) is 0 Å². The molecular weight excluding hydrogens is 211 g/mol. The van der Waals surface area contributed by atoms with Crippen LogP contribution >= 0.6 is 11.3 Å². The monoisotopic (exact) mass is 222 g/mol. The Morgan fingerprint density at radius 1 is 1.27 bits per heavy atom. The van der Waals surface area contributed by atoms with Crippen LogP contribution in [0.1, 0.15) is 10.4 Å². The summed E-state index contributed by atoms with van der Waals surface area (Å²) in [5.74, 6) is 0.0532.